The Kier molecular flexibility index (Phi) is 4.59. The standard InChI is InChI=1S/C18H14N2.ClH/c19-11-13-8-9-15(12-20)18(10-13)17-7-3-5-14-4-1-2-6-16(14)17;/h1-10H,11,19H2;1H. The van der Waals surface area contributed by atoms with E-state index in [4.69, 9.17) is 5.73 Å². The summed E-state index contributed by atoms with van der Waals surface area (Å²) in [5.74, 6) is 0. The Morgan fingerprint density at radius 1 is 0.905 bits per heavy atom. The average Bonchev–Trinajstić information content (AvgIpc) is 2.53. The molecule has 0 atom stereocenters. The van der Waals surface area contributed by atoms with Gasteiger partial charge in [-0.05, 0) is 34.0 Å². The van der Waals surface area contributed by atoms with E-state index in [1.54, 1.807) is 0 Å². The van der Waals surface area contributed by atoms with Gasteiger partial charge in [-0.15, -0.1) is 12.4 Å². The molecule has 0 heterocycles. The Balaban J connectivity index is 0.00000161. The number of halogens is 1. The summed E-state index contributed by atoms with van der Waals surface area (Å²) in [6, 6.07) is 22.4. The molecule has 0 unspecified atom stereocenters. The zero-order chi connectivity index (χ0) is 13.9. The molecule has 3 heteroatoms. The van der Waals surface area contributed by atoms with Gasteiger partial charge in [-0.1, -0.05) is 48.5 Å². The van der Waals surface area contributed by atoms with E-state index in [-0.39, 0.29) is 12.4 Å². The first-order chi connectivity index (χ1) is 9.83. The Labute approximate surface area is 130 Å². The van der Waals surface area contributed by atoms with Crippen LogP contribution in [0, 0.1) is 11.3 Å². The zero-order valence-electron chi connectivity index (χ0n) is 11.4. The molecule has 0 bridgehead atoms. The van der Waals surface area contributed by atoms with Crippen molar-refractivity contribution in [2.45, 2.75) is 6.54 Å². The van der Waals surface area contributed by atoms with E-state index < -0.39 is 0 Å². The van der Waals surface area contributed by atoms with E-state index in [0.717, 1.165) is 22.1 Å². The van der Waals surface area contributed by atoms with E-state index in [1.807, 2.05) is 36.4 Å². The second-order valence-corrected chi connectivity index (χ2v) is 4.72. The van der Waals surface area contributed by atoms with Crippen molar-refractivity contribution in [2.24, 2.45) is 5.73 Å². The second kappa shape index (κ2) is 6.41. The highest BCUT2D eigenvalue weighted by atomic mass is 35.5. The van der Waals surface area contributed by atoms with Crippen molar-refractivity contribution in [1.82, 2.24) is 0 Å². The Morgan fingerprint density at radius 3 is 2.43 bits per heavy atom. The molecule has 0 saturated heterocycles. The lowest BCUT2D eigenvalue weighted by Crippen LogP contribution is -1.97. The minimum absolute atomic E-state index is 0. The third-order valence-corrected chi connectivity index (χ3v) is 3.52. The molecule has 21 heavy (non-hydrogen) atoms. The molecule has 0 aliphatic carbocycles. The maximum atomic E-state index is 9.33. The van der Waals surface area contributed by atoms with Gasteiger partial charge in [0, 0.05) is 12.1 Å². The summed E-state index contributed by atoms with van der Waals surface area (Å²) >= 11 is 0. The van der Waals surface area contributed by atoms with Crippen LogP contribution in [0.3, 0.4) is 0 Å². The lowest BCUT2D eigenvalue weighted by molar-refractivity contribution is 1.07. The molecule has 104 valence electrons. The first-order valence-electron chi connectivity index (χ1n) is 6.54. The lowest BCUT2D eigenvalue weighted by atomic mass is 9.93. The van der Waals surface area contributed by atoms with E-state index in [0.29, 0.717) is 12.1 Å². The molecule has 0 saturated carbocycles. The van der Waals surface area contributed by atoms with Gasteiger partial charge in [0.1, 0.15) is 0 Å². The van der Waals surface area contributed by atoms with Crippen LogP contribution in [0.25, 0.3) is 21.9 Å². The van der Waals surface area contributed by atoms with Crippen molar-refractivity contribution in [3.05, 3.63) is 71.8 Å². The smallest absolute Gasteiger partial charge is 0.0998 e. The number of nitrogens with two attached hydrogens (primary N) is 1. The number of benzene rings is 3. The van der Waals surface area contributed by atoms with Gasteiger partial charge in [-0.3, -0.25) is 0 Å². The van der Waals surface area contributed by atoms with E-state index in [1.165, 1.54) is 5.39 Å². The highest BCUT2D eigenvalue weighted by Gasteiger charge is 2.09. The number of rotatable bonds is 2. The molecule has 2 N–H and O–H groups in total. The van der Waals surface area contributed by atoms with Gasteiger partial charge in [0.15, 0.2) is 0 Å². The summed E-state index contributed by atoms with van der Waals surface area (Å²) in [5, 5.41) is 11.7. The molecule has 0 aromatic heterocycles. The summed E-state index contributed by atoms with van der Waals surface area (Å²) < 4.78 is 0. The summed E-state index contributed by atoms with van der Waals surface area (Å²) in [7, 11) is 0. The molecule has 0 radical (unpaired) electrons. The molecule has 3 aromatic carbocycles. The monoisotopic (exact) mass is 294 g/mol. The quantitative estimate of drug-likeness (QED) is 0.768. The van der Waals surface area contributed by atoms with Gasteiger partial charge in [0.05, 0.1) is 11.6 Å². The third-order valence-electron chi connectivity index (χ3n) is 3.52. The van der Waals surface area contributed by atoms with E-state index in [9.17, 15) is 5.26 Å². The number of fused-ring (bicyclic) bond motifs is 1. The van der Waals surface area contributed by atoms with Crippen molar-refractivity contribution in [2.75, 3.05) is 0 Å². The van der Waals surface area contributed by atoms with E-state index >= 15 is 0 Å². The highest BCUT2D eigenvalue weighted by Crippen LogP contribution is 2.31. The summed E-state index contributed by atoms with van der Waals surface area (Å²) in [4.78, 5) is 0. The van der Waals surface area contributed by atoms with Gasteiger partial charge >= 0.3 is 0 Å². The third kappa shape index (κ3) is 2.75. The fourth-order valence-electron chi connectivity index (χ4n) is 2.50. The molecule has 0 fully saturated rings. The molecule has 3 rings (SSSR count). The first kappa shape index (κ1) is 15.1. The molecule has 3 aromatic rings. The topological polar surface area (TPSA) is 49.8 Å². The van der Waals surface area contributed by atoms with Crippen LogP contribution >= 0.6 is 12.4 Å². The maximum Gasteiger partial charge on any atom is 0.0998 e. The van der Waals surface area contributed by atoms with Crippen LogP contribution in [-0.2, 0) is 6.54 Å². The van der Waals surface area contributed by atoms with Crippen LogP contribution in [0.5, 0.6) is 0 Å². The molecule has 0 aliphatic rings. The van der Waals surface area contributed by atoms with E-state index in [2.05, 4.69) is 30.3 Å². The molecule has 0 amide bonds. The summed E-state index contributed by atoms with van der Waals surface area (Å²) in [6.45, 7) is 0.476. The molecular formula is C18H15ClN2. The van der Waals surface area contributed by atoms with Gasteiger partial charge in [-0.25, -0.2) is 0 Å². The van der Waals surface area contributed by atoms with Crippen molar-refractivity contribution in [1.29, 1.82) is 5.26 Å². The molecule has 0 aliphatic heterocycles. The SMILES string of the molecule is Cl.N#Cc1ccc(CN)cc1-c1cccc2ccccc12. The zero-order valence-corrected chi connectivity index (χ0v) is 12.2. The van der Waals surface area contributed by atoms with Crippen molar-refractivity contribution in [3.8, 4) is 17.2 Å². The number of hydrogen-bond acceptors (Lipinski definition) is 2. The largest absolute Gasteiger partial charge is 0.326 e. The van der Waals surface area contributed by atoms with Crippen LogP contribution in [0.15, 0.2) is 60.7 Å². The number of nitriles is 1. The molecular weight excluding hydrogens is 280 g/mol. The predicted molar refractivity (Wildman–Crippen MR) is 89.2 cm³/mol. The first-order valence-corrected chi connectivity index (χ1v) is 6.54. The Bertz CT molecular complexity index is 814. The predicted octanol–water partition coefficient (Wildman–Crippen LogP) is 4.26. The van der Waals surface area contributed by atoms with Crippen molar-refractivity contribution in [3.63, 3.8) is 0 Å². The Hall–Kier alpha value is -2.34. The number of nitrogens with zero attached hydrogens (tertiary/aromatic N) is 1. The van der Waals surface area contributed by atoms with Crippen LogP contribution in [0.1, 0.15) is 11.1 Å². The molecule has 2 nitrogen and oxygen atoms in total. The minimum atomic E-state index is 0. The van der Waals surface area contributed by atoms with Crippen LogP contribution < -0.4 is 5.73 Å². The number of hydrogen-bond donors (Lipinski definition) is 1. The van der Waals surface area contributed by atoms with Crippen LogP contribution in [-0.4, -0.2) is 0 Å². The lowest BCUT2D eigenvalue weighted by Gasteiger charge is -2.10. The van der Waals surface area contributed by atoms with Crippen molar-refractivity contribution < 1.29 is 0 Å². The Morgan fingerprint density at radius 2 is 1.67 bits per heavy atom. The fourth-order valence-corrected chi connectivity index (χ4v) is 2.50. The minimum Gasteiger partial charge on any atom is -0.326 e. The second-order valence-electron chi connectivity index (χ2n) is 4.72. The van der Waals surface area contributed by atoms with Gasteiger partial charge in [-0.2, -0.15) is 5.26 Å². The van der Waals surface area contributed by atoms with Crippen molar-refractivity contribution >= 4 is 23.2 Å². The van der Waals surface area contributed by atoms with Crippen LogP contribution in [0.4, 0.5) is 0 Å². The highest BCUT2D eigenvalue weighted by molar-refractivity contribution is 5.97. The van der Waals surface area contributed by atoms with Gasteiger partial charge in [0.25, 0.3) is 0 Å². The maximum absolute atomic E-state index is 9.33. The fraction of sp³-hybridized carbons (Fsp3) is 0.0556. The average molecular weight is 295 g/mol. The normalized spacial score (nSPS) is 9.90. The van der Waals surface area contributed by atoms with Gasteiger partial charge in [0.2, 0.25) is 0 Å². The summed E-state index contributed by atoms with van der Waals surface area (Å²) in [6.07, 6.45) is 0. The van der Waals surface area contributed by atoms with Gasteiger partial charge < -0.3 is 5.73 Å². The van der Waals surface area contributed by atoms with Crippen LogP contribution in [0.2, 0.25) is 0 Å². The summed E-state index contributed by atoms with van der Waals surface area (Å²) in [5.41, 5.74) is 9.46. The molecule has 0 spiro atoms.